The number of hydrogen-bond acceptors (Lipinski definition) is 2. The Balaban J connectivity index is 1.92. The van der Waals surface area contributed by atoms with Crippen molar-refractivity contribution in [3.8, 4) is 5.75 Å². The van der Waals surface area contributed by atoms with Crippen molar-refractivity contribution in [2.24, 2.45) is 0 Å². The number of halogens is 1. The summed E-state index contributed by atoms with van der Waals surface area (Å²) in [6, 6.07) is 12.6. The number of aryl methyl sites for hydroxylation is 1. The van der Waals surface area contributed by atoms with Crippen LogP contribution in [0.5, 0.6) is 5.75 Å². The van der Waals surface area contributed by atoms with E-state index >= 15 is 0 Å². The molecule has 0 saturated heterocycles. The van der Waals surface area contributed by atoms with Gasteiger partial charge in [0, 0.05) is 10.7 Å². The number of carbonyl (C=O) groups excluding carboxylic acids is 1. The van der Waals surface area contributed by atoms with Crippen LogP contribution in [0, 0.1) is 6.92 Å². The van der Waals surface area contributed by atoms with E-state index in [2.05, 4.69) is 44.4 Å². The normalized spacial score (nSPS) is 11.0. The Morgan fingerprint density at radius 2 is 1.79 bits per heavy atom. The zero-order valence-electron chi connectivity index (χ0n) is 14.4. The number of nitrogens with one attached hydrogen (secondary N) is 2. The Hall–Kier alpha value is -2.20. The summed E-state index contributed by atoms with van der Waals surface area (Å²) < 4.78 is 5.75. The molecule has 2 aromatic rings. The topological polar surface area (TPSA) is 50.4 Å². The predicted molar refractivity (Wildman–Crippen MR) is 99.0 cm³/mol. The lowest BCUT2D eigenvalue weighted by molar-refractivity contribution is 0.233. The lowest BCUT2D eigenvalue weighted by Gasteiger charge is -2.23. The van der Waals surface area contributed by atoms with Crippen molar-refractivity contribution in [3.05, 3.63) is 58.6 Å². The molecule has 2 amide bonds. The maximum atomic E-state index is 11.9. The minimum absolute atomic E-state index is 0.0348. The van der Waals surface area contributed by atoms with Crippen molar-refractivity contribution >= 4 is 23.3 Å². The van der Waals surface area contributed by atoms with Crippen LogP contribution >= 0.6 is 11.6 Å². The third kappa shape index (κ3) is 5.17. The van der Waals surface area contributed by atoms with E-state index in [0.717, 1.165) is 11.3 Å². The van der Waals surface area contributed by atoms with E-state index in [0.29, 0.717) is 10.7 Å². The molecule has 2 rings (SSSR count). The lowest BCUT2D eigenvalue weighted by atomic mass is 9.85. The summed E-state index contributed by atoms with van der Waals surface area (Å²) in [5.74, 6) is 0.778. The van der Waals surface area contributed by atoms with Gasteiger partial charge in [-0.15, -0.1) is 0 Å². The van der Waals surface area contributed by atoms with E-state index in [1.165, 1.54) is 5.56 Å². The fraction of sp³-hybridized carbons (Fsp3) is 0.316. The minimum atomic E-state index is -0.332. The second kappa shape index (κ2) is 7.58. The molecule has 2 aromatic carbocycles. The Bertz CT molecular complexity index is 706. The summed E-state index contributed by atoms with van der Waals surface area (Å²) in [5, 5.41) is 6.03. The third-order valence-corrected chi connectivity index (χ3v) is 3.76. The number of carbonyl (C=O) groups is 1. The van der Waals surface area contributed by atoms with Crippen LogP contribution < -0.4 is 15.4 Å². The van der Waals surface area contributed by atoms with Gasteiger partial charge in [0.2, 0.25) is 0 Å². The SMILES string of the molecule is Cc1ccc(OCNC(=O)Nc2ccc(Cl)cc2)c(C(C)(C)C)c1. The van der Waals surface area contributed by atoms with Crippen molar-refractivity contribution in [2.45, 2.75) is 33.1 Å². The van der Waals surface area contributed by atoms with Crippen LogP contribution in [0.2, 0.25) is 5.02 Å². The molecular weight excluding hydrogens is 324 g/mol. The van der Waals surface area contributed by atoms with Crippen molar-refractivity contribution in [3.63, 3.8) is 0 Å². The van der Waals surface area contributed by atoms with Crippen molar-refractivity contribution in [1.29, 1.82) is 0 Å². The summed E-state index contributed by atoms with van der Waals surface area (Å²) in [5.41, 5.74) is 2.93. The highest BCUT2D eigenvalue weighted by molar-refractivity contribution is 6.30. The van der Waals surface area contributed by atoms with Gasteiger partial charge in [-0.25, -0.2) is 4.79 Å². The van der Waals surface area contributed by atoms with Gasteiger partial charge in [-0.05, 0) is 48.2 Å². The molecule has 4 nitrogen and oxygen atoms in total. The van der Waals surface area contributed by atoms with Gasteiger partial charge in [0.25, 0.3) is 0 Å². The van der Waals surface area contributed by atoms with Crippen LogP contribution in [0.15, 0.2) is 42.5 Å². The van der Waals surface area contributed by atoms with Crippen molar-refractivity contribution < 1.29 is 9.53 Å². The molecule has 5 heteroatoms. The minimum Gasteiger partial charge on any atom is -0.473 e. The number of hydrogen-bond donors (Lipinski definition) is 2. The maximum absolute atomic E-state index is 11.9. The zero-order valence-corrected chi connectivity index (χ0v) is 15.2. The fourth-order valence-electron chi connectivity index (χ4n) is 2.24. The van der Waals surface area contributed by atoms with Gasteiger partial charge in [0.1, 0.15) is 5.75 Å². The number of urea groups is 1. The molecule has 0 heterocycles. The largest absolute Gasteiger partial charge is 0.473 e. The molecule has 0 spiro atoms. The Labute approximate surface area is 148 Å². The van der Waals surface area contributed by atoms with Gasteiger partial charge in [0.05, 0.1) is 0 Å². The van der Waals surface area contributed by atoms with Crippen molar-refractivity contribution in [2.75, 3.05) is 12.0 Å². The number of anilines is 1. The summed E-state index contributed by atoms with van der Waals surface area (Å²) in [6.45, 7) is 8.54. The number of ether oxygens (including phenoxy) is 1. The lowest BCUT2D eigenvalue weighted by Crippen LogP contribution is -2.32. The molecule has 0 fully saturated rings. The first-order valence-corrected chi connectivity index (χ1v) is 8.18. The zero-order chi connectivity index (χ0) is 17.7. The second-order valence-corrected chi connectivity index (χ2v) is 7.11. The number of amides is 2. The summed E-state index contributed by atoms with van der Waals surface area (Å²) in [6.07, 6.45) is 0. The van der Waals surface area contributed by atoms with E-state index < -0.39 is 0 Å². The number of benzene rings is 2. The Morgan fingerprint density at radius 1 is 1.12 bits per heavy atom. The molecule has 128 valence electrons. The Morgan fingerprint density at radius 3 is 2.42 bits per heavy atom. The molecule has 24 heavy (non-hydrogen) atoms. The van der Waals surface area contributed by atoms with Gasteiger partial charge >= 0.3 is 6.03 Å². The summed E-state index contributed by atoms with van der Waals surface area (Å²) >= 11 is 5.81. The van der Waals surface area contributed by atoms with Gasteiger partial charge in [-0.3, -0.25) is 0 Å². The summed E-state index contributed by atoms with van der Waals surface area (Å²) in [4.78, 5) is 11.9. The smallest absolute Gasteiger partial charge is 0.321 e. The molecule has 0 saturated carbocycles. The average molecular weight is 347 g/mol. The molecule has 0 aliphatic heterocycles. The van der Waals surface area contributed by atoms with Crippen LogP contribution in [0.25, 0.3) is 0 Å². The first-order chi connectivity index (χ1) is 11.3. The monoisotopic (exact) mass is 346 g/mol. The molecule has 0 aliphatic rings. The first kappa shape index (κ1) is 18.1. The second-order valence-electron chi connectivity index (χ2n) is 6.68. The van der Waals surface area contributed by atoms with Crippen LogP contribution in [0.4, 0.5) is 10.5 Å². The summed E-state index contributed by atoms with van der Waals surface area (Å²) in [7, 11) is 0. The van der Waals surface area contributed by atoms with E-state index in [4.69, 9.17) is 16.3 Å². The Kier molecular flexibility index (Phi) is 5.73. The van der Waals surface area contributed by atoms with Gasteiger partial charge in [-0.1, -0.05) is 50.1 Å². The van der Waals surface area contributed by atoms with Gasteiger partial charge < -0.3 is 15.4 Å². The first-order valence-electron chi connectivity index (χ1n) is 7.80. The average Bonchev–Trinajstić information content (AvgIpc) is 2.50. The highest BCUT2D eigenvalue weighted by Crippen LogP contribution is 2.31. The molecule has 0 aromatic heterocycles. The van der Waals surface area contributed by atoms with E-state index in [1.807, 2.05) is 12.1 Å². The van der Waals surface area contributed by atoms with Crippen molar-refractivity contribution in [1.82, 2.24) is 5.32 Å². The molecule has 0 radical (unpaired) electrons. The van der Waals surface area contributed by atoms with Crippen LogP contribution in [-0.4, -0.2) is 12.8 Å². The molecule has 2 N–H and O–H groups in total. The molecule has 0 bridgehead atoms. The molecular formula is C19H23ClN2O2. The van der Waals surface area contributed by atoms with Gasteiger partial charge in [0.15, 0.2) is 6.73 Å². The fourth-order valence-corrected chi connectivity index (χ4v) is 2.37. The van der Waals surface area contributed by atoms with E-state index in [1.54, 1.807) is 24.3 Å². The van der Waals surface area contributed by atoms with Crippen LogP contribution in [-0.2, 0) is 5.41 Å². The maximum Gasteiger partial charge on any atom is 0.321 e. The van der Waals surface area contributed by atoms with Gasteiger partial charge in [-0.2, -0.15) is 0 Å². The molecule has 0 atom stereocenters. The molecule has 0 aliphatic carbocycles. The molecule has 0 unspecified atom stereocenters. The quantitative estimate of drug-likeness (QED) is 0.756. The highest BCUT2D eigenvalue weighted by Gasteiger charge is 2.19. The van der Waals surface area contributed by atoms with Crippen LogP contribution in [0.1, 0.15) is 31.9 Å². The van der Waals surface area contributed by atoms with Crippen LogP contribution in [0.3, 0.4) is 0 Å². The van der Waals surface area contributed by atoms with E-state index in [-0.39, 0.29) is 18.2 Å². The highest BCUT2D eigenvalue weighted by atomic mass is 35.5. The van der Waals surface area contributed by atoms with E-state index in [9.17, 15) is 4.79 Å². The standard InChI is InChI=1S/C19H23ClN2O2/c1-13-5-10-17(16(11-13)19(2,3)4)24-12-21-18(23)22-15-8-6-14(20)7-9-15/h5-11H,12H2,1-4H3,(H2,21,22,23). The number of rotatable bonds is 4. The predicted octanol–water partition coefficient (Wildman–Crippen LogP) is 5.10. The third-order valence-electron chi connectivity index (χ3n) is 3.51.